The van der Waals surface area contributed by atoms with Gasteiger partial charge in [0.1, 0.15) is 0 Å². The molecule has 0 saturated carbocycles. The molecule has 2 heterocycles. The maximum Gasteiger partial charge on any atom is 0.227 e. The van der Waals surface area contributed by atoms with Crippen molar-refractivity contribution in [2.24, 2.45) is 5.92 Å². The predicted octanol–water partition coefficient (Wildman–Crippen LogP) is 0.358. The first-order chi connectivity index (χ1) is 7.74. The maximum absolute atomic E-state index is 12.4. The topological polar surface area (TPSA) is 52.6 Å². The summed E-state index contributed by atoms with van der Waals surface area (Å²) in [5.74, 6) is 0.358. The van der Waals surface area contributed by atoms with Gasteiger partial charge in [0.2, 0.25) is 5.91 Å². The van der Waals surface area contributed by atoms with E-state index < -0.39 is 0 Å². The highest BCUT2D eigenvalue weighted by Gasteiger charge is 2.35. The summed E-state index contributed by atoms with van der Waals surface area (Å²) in [6.45, 7) is 4.05. The highest BCUT2D eigenvalue weighted by Crippen LogP contribution is 2.24. The number of aliphatic hydroxyl groups excluding tert-OH is 1. The number of aliphatic hydroxyl groups is 1. The molecule has 92 valence electrons. The van der Waals surface area contributed by atoms with Crippen LogP contribution in [0.1, 0.15) is 32.6 Å². The molecule has 0 aromatic heterocycles. The molecule has 3 unspecified atom stereocenters. The van der Waals surface area contributed by atoms with Crippen LogP contribution in [0.4, 0.5) is 0 Å². The summed E-state index contributed by atoms with van der Waals surface area (Å²) in [4.78, 5) is 14.3. The van der Waals surface area contributed by atoms with Crippen molar-refractivity contribution < 1.29 is 9.90 Å². The molecule has 0 radical (unpaired) electrons. The summed E-state index contributed by atoms with van der Waals surface area (Å²) in [7, 11) is 0. The molecule has 1 amide bonds. The van der Waals surface area contributed by atoms with Gasteiger partial charge in [0.05, 0.1) is 18.6 Å². The second-order valence-electron chi connectivity index (χ2n) is 5.00. The number of carbonyl (C=O) groups is 1. The maximum atomic E-state index is 12.4. The first-order valence-electron chi connectivity index (χ1n) is 6.38. The van der Waals surface area contributed by atoms with Crippen molar-refractivity contribution >= 4 is 5.91 Å². The first kappa shape index (κ1) is 11.9. The van der Waals surface area contributed by atoms with Gasteiger partial charge in [-0.25, -0.2) is 0 Å². The summed E-state index contributed by atoms with van der Waals surface area (Å²) < 4.78 is 0. The van der Waals surface area contributed by atoms with E-state index >= 15 is 0 Å². The van der Waals surface area contributed by atoms with E-state index in [0.29, 0.717) is 0 Å². The smallest absolute Gasteiger partial charge is 0.227 e. The Hall–Kier alpha value is -0.610. The molecule has 0 spiro atoms. The molecule has 0 aromatic carbocycles. The lowest BCUT2D eigenvalue weighted by Crippen LogP contribution is -2.50. The van der Waals surface area contributed by atoms with E-state index in [9.17, 15) is 9.90 Å². The molecule has 4 heteroatoms. The zero-order chi connectivity index (χ0) is 11.5. The van der Waals surface area contributed by atoms with Crippen LogP contribution in [0.3, 0.4) is 0 Å². The molecular weight excluding hydrogens is 204 g/mol. The average molecular weight is 226 g/mol. The standard InChI is InChI=1S/C12H22N2O2/c1-9-11(5-2-6-13-9)12(16)14-7-3-4-10(14)8-15/h9-11,13,15H,2-8H2,1H3. The minimum absolute atomic E-state index is 0.0710. The van der Waals surface area contributed by atoms with Gasteiger partial charge < -0.3 is 15.3 Å². The van der Waals surface area contributed by atoms with Gasteiger partial charge in [0, 0.05) is 12.6 Å². The first-order valence-corrected chi connectivity index (χ1v) is 6.38. The number of likely N-dealkylation sites (tertiary alicyclic amines) is 1. The van der Waals surface area contributed by atoms with Gasteiger partial charge >= 0.3 is 0 Å². The monoisotopic (exact) mass is 226 g/mol. The summed E-state index contributed by atoms with van der Waals surface area (Å²) in [5.41, 5.74) is 0. The zero-order valence-electron chi connectivity index (χ0n) is 9.98. The summed E-state index contributed by atoms with van der Waals surface area (Å²) in [6, 6.07) is 0.350. The second-order valence-corrected chi connectivity index (χ2v) is 5.00. The van der Waals surface area contributed by atoms with E-state index in [1.165, 1.54) is 0 Å². The number of amides is 1. The molecule has 0 bridgehead atoms. The van der Waals surface area contributed by atoms with Gasteiger partial charge in [-0.2, -0.15) is 0 Å². The fraction of sp³-hybridized carbons (Fsp3) is 0.917. The van der Waals surface area contributed by atoms with Crippen LogP contribution in [0.2, 0.25) is 0 Å². The zero-order valence-corrected chi connectivity index (χ0v) is 9.98. The van der Waals surface area contributed by atoms with Crippen LogP contribution in [0.5, 0.6) is 0 Å². The van der Waals surface area contributed by atoms with Crippen molar-refractivity contribution in [2.75, 3.05) is 19.7 Å². The van der Waals surface area contributed by atoms with Crippen LogP contribution < -0.4 is 5.32 Å². The van der Waals surface area contributed by atoms with Crippen molar-refractivity contribution in [1.82, 2.24) is 10.2 Å². The molecule has 0 aromatic rings. The predicted molar refractivity (Wildman–Crippen MR) is 62.0 cm³/mol. The third-order valence-electron chi connectivity index (χ3n) is 3.95. The molecule has 16 heavy (non-hydrogen) atoms. The van der Waals surface area contributed by atoms with Crippen LogP contribution >= 0.6 is 0 Å². The lowest BCUT2D eigenvalue weighted by atomic mass is 9.90. The Morgan fingerprint density at radius 1 is 1.44 bits per heavy atom. The van der Waals surface area contributed by atoms with Crippen LogP contribution in [0.15, 0.2) is 0 Å². The third kappa shape index (κ3) is 2.23. The Kier molecular flexibility index (Phi) is 3.82. The van der Waals surface area contributed by atoms with E-state index in [-0.39, 0.29) is 30.5 Å². The van der Waals surface area contributed by atoms with Crippen LogP contribution in [-0.4, -0.2) is 47.7 Å². The van der Waals surface area contributed by atoms with Crippen molar-refractivity contribution in [3.8, 4) is 0 Å². The van der Waals surface area contributed by atoms with E-state index in [4.69, 9.17) is 0 Å². The molecular formula is C12H22N2O2. The molecule has 2 N–H and O–H groups in total. The lowest BCUT2D eigenvalue weighted by Gasteiger charge is -2.34. The van der Waals surface area contributed by atoms with Crippen molar-refractivity contribution in [3.63, 3.8) is 0 Å². The Labute approximate surface area is 97.0 Å². The fourth-order valence-electron chi connectivity index (χ4n) is 2.91. The summed E-state index contributed by atoms with van der Waals surface area (Å²) >= 11 is 0. The summed E-state index contributed by atoms with van der Waals surface area (Å²) in [5, 5.41) is 12.6. The van der Waals surface area contributed by atoms with Crippen molar-refractivity contribution in [3.05, 3.63) is 0 Å². The molecule has 2 aliphatic heterocycles. The van der Waals surface area contributed by atoms with Crippen LogP contribution in [0, 0.1) is 5.92 Å². The Morgan fingerprint density at radius 3 is 2.94 bits per heavy atom. The lowest BCUT2D eigenvalue weighted by molar-refractivity contribution is -0.138. The van der Waals surface area contributed by atoms with E-state index in [2.05, 4.69) is 12.2 Å². The van der Waals surface area contributed by atoms with Gasteiger partial charge in [-0.15, -0.1) is 0 Å². The van der Waals surface area contributed by atoms with Crippen LogP contribution in [-0.2, 0) is 4.79 Å². The van der Waals surface area contributed by atoms with Gasteiger partial charge in [-0.05, 0) is 39.2 Å². The highest BCUT2D eigenvalue weighted by atomic mass is 16.3. The Bertz CT molecular complexity index is 253. The van der Waals surface area contributed by atoms with Crippen molar-refractivity contribution in [1.29, 1.82) is 0 Å². The highest BCUT2D eigenvalue weighted by molar-refractivity contribution is 5.80. The number of piperidine rings is 1. The van der Waals surface area contributed by atoms with Crippen molar-refractivity contribution in [2.45, 2.75) is 44.7 Å². The Balaban J connectivity index is 2.00. The molecule has 2 saturated heterocycles. The Morgan fingerprint density at radius 2 is 2.25 bits per heavy atom. The molecule has 3 atom stereocenters. The van der Waals surface area contributed by atoms with Crippen LogP contribution in [0.25, 0.3) is 0 Å². The number of nitrogens with zero attached hydrogens (tertiary/aromatic N) is 1. The quantitative estimate of drug-likeness (QED) is 0.715. The third-order valence-corrected chi connectivity index (χ3v) is 3.95. The molecule has 2 fully saturated rings. The van der Waals surface area contributed by atoms with Gasteiger partial charge in [0.15, 0.2) is 0 Å². The molecule has 0 aliphatic carbocycles. The second kappa shape index (κ2) is 5.15. The number of nitrogens with one attached hydrogen (secondary N) is 1. The number of hydrogen-bond donors (Lipinski definition) is 2. The summed E-state index contributed by atoms with van der Waals surface area (Å²) in [6.07, 6.45) is 4.06. The normalized spacial score (nSPS) is 35.4. The van der Waals surface area contributed by atoms with Gasteiger partial charge in [-0.3, -0.25) is 4.79 Å². The minimum atomic E-state index is 0.0710. The molecule has 2 aliphatic rings. The minimum Gasteiger partial charge on any atom is -0.394 e. The van der Waals surface area contributed by atoms with E-state index in [1.54, 1.807) is 0 Å². The average Bonchev–Trinajstić information content (AvgIpc) is 2.77. The van der Waals surface area contributed by atoms with Gasteiger partial charge in [-0.1, -0.05) is 0 Å². The number of rotatable bonds is 2. The molecule has 2 rings (SSSR count). The molecule has 4 nitrogen and oxygen atoms in total. The largest absolute Gasteiger partial charge is 0.394 e. The van der Waals surface area contributed by atoms with E-state index in [0.717, 1.165) is 38.8 Å². The number of hydrogen-bond acceptors (Lipinski definition) is 3. The van der Waals surface area contributed by atoms with E-state index in [1.807, 2.05) is 4.90 Å². The van der Waals surface area contributed by atoms with Gasteiger partial charge in [0.25, 0.3) is 0 Å². The number of carbonyl (C=O) groups excluding carboxylic acids is 1. The SMILES string of the molecule is CC1NCCCC1C(=O)N1CCCC1CO. The fourth-order valence-corrected chi connectivity index (χ4v) is 2.91.